The molecule has 1 fully saturated rings. The Hall–Kier alpha value is -1.89. The van der Waals surface area contributed by atoms with Gasteiger partial charge in [0.15, 0.2) is 0 Å². The highest BCUT2D eigenvalue weighted by molar-refractivity contribution is 5.99. The van der Waals surface area contributed by atoms with Gasteiger partial charge in [-0.1, -0.05) is 0 Å². The maximum absolute atomic E-state index is 11.8. The lowest BCUT2D eigenvalue weighted by molar-refractivity contribution is -0.145. The minimum Gasteiger partial charge on any atom is -0.469 e. The molecule has 98 valence electrons. The number of aromatic nitrogens is 2. The summed E-state index contributed by atoms with van der Waals surface area (Å²) in [5.74, 6) is -0.897. The summed E-state index contributed by atoms with van der Waals surface area (Å²) in [4.78, 5) is 24.7. The van der Waals surface area contributed by atoms with Crippen LogP contribution in [0.2, 0.25) is 0 Å². The fraction of sp³-hybridized carbons (Fsp3) is 0.545. The molecule has 1 aromatic rings. The van der Waals surface area contributed by atoms with Crippen LogP contribution >= 0.6 is 0 Å². The number of aliphatic hydroxyl groups is 1. The van der Waals surface area contributed by atoms with Gasteiger partial charge in [0.05, 0.1) is 38.1 Å². The van der Waals surface area contributed by atoms with Gasteiger partial charge in [-0.15, -0.1) is 0 Å². The van der Waals surface area contributed by atoms with Gasteiger partial charge in [0, 0.05) is 19.2 Å². The molecule has 0 spiro atoms. The maximum Gasteiger partial charge on any atom is 0.311 e. The Bertz CT molecular complexity index is 457. The summed E-state index contributed by atoms with van der Waals surface area (Å²) in [5.41, 5.74) is 0.639. The molecule has 1 N–H and O–H groups in total. The molecule has 1 aliphatic heterocycles. The normalized spacial score (nSPS) is 19.3. The highest BCUT2D eigenvalue weighted by Crippen LogP contribution is 2.25. The zero-order valence-electron chi connectivity index (χ0n) is 10.1. The Balaban J connectivity index is 2.09. The van der Waals surface area contributed by atoms with Crippen molar-refractivity contribution in [1.29, 1.82) is 0 Å². The second kappa shape index (κ2) is 5.18. The summed E-state index contributed by atoms with van der Waals surface area (Å²) in [6.07, 6.45) is 3.39. The molecule has 0 aliphatic carbocycles. The first-order valence-electron chi connectivity index (χ1n) is 5.67. The van der Waals surface area contributed by atoms with E-state index < -0.39 is 5.92 Å². The molecule has 1 unspecified atom stereocenters. The number of nitrogens with zero attached hydrogens (tertiary/aromatic N) is 3. The van der Waals surface area contributed by atoms with Crippen molar-refractivity contribution in [3.05, 3.63) is 12.4 Å². The van der Waals surface area contributed by atoms with Gasteiger partial charge in [-0.3, -0.25) is 14.3 Å². The van der Waals surface area contributed by atoms with Gasteiger partial charge < -0.3 is 14.7 Å². The van der Waals surface area contributed by atoms with Gasteiger partial charge >= 0.3 is 5.97 Å². The summed E-state index contributed by atoms with van der Waals surface area (Å²) in [7, 11) is 1.31. The van der Waals surface area contributed by atoms with E-state index in [4.69, 9.17) is 5.11 Å². The van der Waals surface area contributed by atoms with Gasteiger partial charge in [0.1, 0.15) is 0 Å². The molecule has 7 heteroatoms. The van der Waals surface area contributed by atoms with E-state index in [9.17, 15) is 9.59 Å². The van der Waals surface area contributed by atoms with E-state index in [0.29, 0.717) is 18.8 Å². The quantitative estimate of drug-likeness (QED) is 0.724. The summed E-state index contributed by atoms with van der Waals surface area (Å²) >= 11 is 0. The largest absolute Gasteiger partial charge is 0.469 e. The van der Waals surface area contributed by atoms with Crippen LogP contribution in [0.3, 0.4) is 0 Å². The molecular formula is C11H15N3O4. The van der Waals surface area contributed by atoms with Gasteiger partial charge in [0.2, 0.25) is 5.91 Å². The fourth-order valence-corrected chi connectivity index (χ4v) is 2.00. The Morgan fingerprint density at radius 1 is 1.67 bits per heavy atom. The van der Waals surface area contributed by atoms with E-state index in [-0.39, 0.29) is 24.9 Å². The van der Waals surface area contributed by atoms with Crippen molar-refractivity contribution in [2.75, 3.05) is 25.2 Å². The lowest BCUT2D eigenvalue weighted by Gasteiger charge is -2.13. The third-order valence-electron chi connectivity index (χ3n) is 2.92. The highest BCUT2D eigenvalue weighted by atomic mass is 16.5. The molecule has 1 amide bonds. The Morgan fingerprint density at radius 3 is 3.11 bits per heavy atom. The lowest BCUT2D eigenvalue weighted by atomic mass is 10.1. The summed E-state index contributed by atoms with van der Waals surface area (Å²) in [5, 5.41) is 12.8. The monoisotopic (exact) mass is 253 g/mol. The molecule has 2 heterocycles. The Labute approximate surface area is 104 Å². The standard InChI is InChI=1S/C11H15N3O4/c1-18-11(17)8-4-10(16)14(6-8)9-5-12-13(7-9)2-3-15/h5,7-8,15H,2-4,6H2,1H3. The predicted molar refractivity (Wildman–Crippen MR) is 61.8 cm³/mol. The number of carbonyl (C=O) groups is 2. The number of hydrogen-bond donors (Lipinski definition) is 1. The lowest BCUT2D eigenvalue weighted by Crippen LogP contribution is -2.25. The molecule has 1 aromatic heterocycles. The van der Waals surface area contributed by atoms with E-state index in [0.717, 1.165) is 0 Å². The molecule has 0 saturated carbocycles. The highest BCUT2D eigenvalue weighted by Gasteiger charge is 2.36. The number of aliphatic hydroxyl groups excluding tert-OH is 1. The number of esters is 1. The maximum atomic E-state index is 11.8. The molecule has 7 nitrogen and oxygen atoms in total. The van der Waals surface area contributed by atoms with Crippen LogP contribution in [0.15, 0.2) is 12.4 Å². The zero-order chi connectivity index (χ0) is 13.1. The van der Waals surface area contributed by atoms with Gasteiger partial charge in [-0.05, 0) is 0 Å². The number of methoxy groups -OCH3 is 1. The van der Waals surface area contributed by atoms with Crippen molar-refractivity contribution >= 4 is 17.6 Å². The topological polar surface area (TPSA) is 84.7 Å². The third kappa shape index (κ3) is 2.35. The van der Waals surface area contributed by atoms with Crippen molar-refractivity contribution in [3.8, 4) is 0 Å². The number of hydrogen-bond acceptors (Lipinski definition) is 5. The predicted octanol–water partition coefficient (Wildman–Crippen LogP) is -0.599. The van der Waals surface area contributed by atoms with Crippen molar-refractivity contribution in [1.82, 2.24) is 9.78 Å². The second-order valence-corrected chi connectivity index (χ2v) is 4.11. The van der Waals surface area contributed by atoms with Crippen LogP contribution in [-0.4, -0.2) is 47.0 Å². The molecule has 1 atom stereocenters. The SMILES string of the molecule is COC(=O)C1CC(=O)N(c2cnn(CCO)c2)C1. The van der Waals surface area contributed by atoms with Gasteiger partial charge in [-0.25, -0.2) is 0 Å². The fourth-order valence-electron chi connectivity index (χ4n) is 2.00. The molecule has 1 aliphatic rings. The van der Waals surface area contributed by atoms with Crippen LogP contribution in [0.5, 0.6) is 0 Å². The first-order chi connectivity index (χ1) is 8.65. The molecule has 1 saturated heterocycles. The van der Waals surface area contributed by atoms with E-state index in [1.54, 1.807) is 17.1 Å². The van der Waals surface area contributed by atoms with E-state index in [1.807, 2.05) is 0 Å². The van der Waals surface area contributed by atoms with Crippen LogP contribution in [0, 0.1) is 5.92 Å². The number of rotatable bonds is 4. The number of amides is 1. The summed E-state index contributed by atoms with van der Waals surface area (Å²) in [6.45, 7) is 0.679. The van der Waals surface area contributed by atoms with Crippen LogP contribution in [0.1, 0.15) is 6.42 Å². The summed E-state index contributed by atoms with van der Waals surface area (Å²) < 4.78 is 6.19. The van der Waals surface area contributed by atoms with Crippen molar-refractivity contribution in [2.24, 2.45) is 5.92 Å². The van der Waals surface area contributed by atoms with Crippen LogP contribution in [0.25, 0.3) is 0 Å². The van der Waals surface area contributed by atoms with Gasteiger partial charge in [-0.2, -0.15) is 5.10 Å². The summed E-state index contributed by atoms with van der Waals surface area (Å²) in [6, 6.07) is 0. The number of ether oxygens (including phenoxy) is 1. The molecule has 0 radical (unpaired) electrons. The first-order valence-corrected chi connectivity index (χ1v) is 5.67. The Kier molecular flexibility index (Phi) is 3.61. The molecule has 0 bridgehead atoms. The second-order valence-electron chi connectivity index (χ2n) is 4.11. The van der Waals surface area contributed by atoms with E-state index in [1.165, 1.54) is 12.0 Å². The Morgan fingerprint density at radius 2 is 2.44 bits per heavy atom. The van der Waals surface area contributed by atoms with E-state index in [2.05, 4.69) is 9.84 Å². The average molecular weight is 253 g/mol. The van der Waals surface area contributed by atoms with E-state index >= 15 is 0 Å². The first kappa shape index (κ1) is 12.6. The smallest absolute Gasteiger partial charge is 0.311 e. The number of anilines is 1. The number of carbonyl (C=O) groups excluding carboxylic acids is 2. The third-order valence-corrected chi connectivity index (χ3v) is 2.92. The molecular weight excluding hydrogens is 238 g/mol. The molecule has 18 heavy (non-hydrogen) atoms. The molecule has 0 aromatic carbocycles. The van der Waals surface area contributed by atoms with Gasteiger partial charge in [0.25, 0.3) is 0 Å². The van der Waals surface area contributed by atoms with Crippen LogP contribution in [0.4, 0.5) is 5.69 Å². The molecule has 2 rings (SSSR count). The van der Waals surface area contributed by atoms with Crippen molar-refractivity contribution < 1.29 is 19.4 Å². The van der Waals surface area contributed by atoms with Crippen molar-refractivity contribution in [2.45, 2.75) is 13.0 Å². The minimum atomic E-state index is -0.413. The van der Waals surface area contributed by atoms with Crippen LogP contribution in [-0.2, 0) is 20.9 Å². The van der Waals surface area contributed by atoms with Crippen molar-refractivity contribution in [3.63, 3.8) is 0 Å². The minimum absolute atomic E-state index is 0.0140. The van der Waals surface area contributed by atoms with Crippen LogP contribution < -0.4 is 4.90 Å². The zero-order valence-corrected chi connectivity index (χ0v) is 10.1. The average Bonchev–Trinajstić information content (AvgIpc) is 2.95.